The maximum Gasteiger partial charge on any atom is 0.264 e. The van der Waals surface area contributed by atoms with Gasteiger partial charge in [0.05, 0.1) is 23.5 Å². The van der Waals surface area contributed by atoms with Crippen LogP contribution in [-0.2, 0) is 21.2 Å². The van der Waals surface area contributed by atoms with E-state index in [1.807, 2.05) is 13.0 Å². The number of furan rings is 1. The van der Waals surface area contributed by atoms with Crippen molar-refractivity contribution in [2.75, 3.05) is 24.0 Å². The lowest BCUT2D eigenvalue weighted by molar-refractivity contribution is -0.119. The fraction of sp³-hybridized carbons (Fsp3) is 0.261. The van der Waals surface area contributed by atoms with E-state index in [-0.39, 0.29) is 4.90 Å². The van der Waals surface area contributed by atoms with E-state index in [9.17, 15) is 17.6 Å². The lowest BCUT2D eigenvalue weighted by Crippen LogP contribution is -2.41. The fourth-order valence-corrected chi connectivity index (χ4v) is 4.48. The Morgan fingerprint density at radius 3 is 2.44 bits per heavy atom. The number of sulfonamides is 1. The normalized spacial score (nSPS) is 11.2. The molecule has 0 bridgehead atoms. The molecule has 3 aromatic rings. The van der Waals surface area contributed by atoms with E-state index in [1.165, 1.54) is 12.1 Å². The van der Waals surface area contributed by atoms with Crippen molar-refractivity contribution in [2.45, 2.75) is 24.7 Å². The second-order valence-corrected chi connectivity index (χ2v) is 8.79. The summed E-state index contributed by atoms with van der Waals surface area (Å²) in [7, 11) is -4.11. The molecule has 0 aliphatic heterocycles. The van der Waals surface area contributed by atoms with Crippen LogP contribution in [0.2, 0.25) is 0 Å². The van der Waals surface area contributed by atoms with Crippen molar-refractivity contribution in [1.82, 2.24) is 5.32 Å². The third-order valence-corrected chi connectivity index (χ3v) is 6.41. The van der Waals surface area contributed by atoms with Gasteiger partial charge in [-0.05, 0) is 74.0 Å². The van der Waals surface area contributed by atoms with Crippen molar-refractivity contribution in [3.63, 3.8) is 0 Å². The number of hydrogen-bond donors (Lipinski definition) is 1. The van der Waals surface area contributed by atoms with Gasteiger partial charge in [-0.25, -0.2) is 12.8 Å². The van der Waals surface area contributed by atoms with Crippen LogP contribution in [0.5, 0.6) is 5.75 Å². The number of halogens is 1. The summed E-state index contributed by atoms with van der Waals surface area (Å²) in [5.41, 5.74) is 0.295. The van der Waals surface area contributed by atoms with Crippen LogP contribution >= 0.6 is 0 Å². The first-order chi connectivity index (χ1) is 15.4. The number of benzene rings is 2. The van der Waals surface area contributed by atoms with Gasteiger partial charge < -0.3 is 14.5 Å². The predicted octanol–water partition coefficient (Wildman–Crippen LogP) is 3.76. The molecule has 32 heavy (non-hydrogen) atoms. The molecule has 9 heteroatoms. The first kappa shape index (κ1) is 23.3. The van der Waals surface area contributed by atoms with Crippen molar-refractivity contribution in [1.29, 1.82) is 0 Å². The Labute approximate surface area is 186 Å². The number of carbonyl (C=O) groups excluding carboxylic acids is 1. The minimum atomic E-state index is -4.11. The topological polar surface area (TPSA) is 88.8 Å². The maximum absolute atomic E-state index is 13.3. The minimum absolute atomic E-state index is 0.113. The van der Waals surface area contributed by atoms with E-state index < -0.39 is 28.3 Å². The highest BCUT2D eigenvalue weighted by molar-refractivity contribution is 7.92. The number of carbonyl (C=O) groups is 1. The first-order valence-corrected chi connectivity index (χ1v) is 11.6. The molecule has 0 saturated carbocycles. The first-order valence-electron chi connectivity index (χ1n) is 10.2. The molecule has 0 fully saturated rings. The maximum atomic E-state index is 13.3. The van der Waals surface area contributed by atoms with Crippen molar-refractivity contribution in [3.05, 3.63) is 78.5 Å². The summed E-state index contributed by atoms with van der Waals surface area (Å²) >= 11 is 0. The van der Waals surface area contributed by atoms with Gasteiger partial charge in [0, 0.05) is 13.0 Å². The van der Waals surface area contributed by atoms with E-state index >= 15 is 0 Å². The summed E-state index contributed by atoms with van der Waals surface area (Å²) in [6, 6.07) is 14.5. The van der Waals surface area contributed by atoms with Crippen LogP contribution in [0.15, 0.2) is 76.2 Å². The number of amides is 1. The van der Waals surface area contributed by atoms with Crippen molar-refractivity contribution in [2.24, 2.45) is 0 Å². The van der Waals surface area contributed by atoms with Gasteiger partial charge in [-0.2, -0.15) is 0 Å². The Bertz CT molecular complexity index is 1100. The molecule has 0 radical (unpaired) electrons. The van der Waals surface area contributed by atoms with Gasteiger partial charge in [-0.3, -0.25) is 9.10 Å². The zero-order valence-electron chi connectivity index (χ0n) is 17.7. The highest BCUT2D eigenvalue weighted by Crippen LogP contribution is 2.26. The Morgan fingerprint density at radius 2 is 1.81 bits per heavy atom. The van der Waals surface area contributed by atoms with Crippen LogP contribution in [0.4, 0.5) is 10.1 Å². The number of anilines is 1. The Kier molecular flexibility index (Phi) is 7.88. The summed E-state index contributed by atoms with van der Waals surface area (Å²) in [6.07, 6.45) is 2.89. The van der Waals surface area contributed by atoms with Crippen molar-refractivity contribution >= 4 is 21.6 Å². The summed E-state index contributed by atoms with van der Waals surface area (Å²) < 4.78 is 51.5. The Balaban J connectivity index is 1.75. The highest BCUT2D eigenvalue weighted by Gasteiger charge is 2.27. The molecular formula is C23H25FN2O5S. The number of hydrogen-bond acceptors (Lipinski definition) is 5. The monoisotopic (exact) mass is 460 g/mol. The summed E-state index contributed by atoms with van der Waals surface area (Å²) in [4.78, 5) is 12.5. The van der Waals surface area contributed by atoms with Crippen LogP contribution in [-0.4, -0.2) is 34.0 Å². The second-order valence-electron chi connectivity index (χ2n) is 6.93. The van der Waals surface area contributed by atoms with Crippen LogP contribution in [0.3, 0.4) is 0 Å². The molecule has 1 N–H and O–H groups in total. The largest absolute Gasteiger partial charge is 0.494 e. The van der Waals surface area contributed by atoms with Gasteiger partial charge in [0.15, 0.2) is 0 Å². The zero-order valence-corrected chi connectivity index (χ0v) is 18.5. The van der Waals surface area contributed by atoms with E-state index in [4.69, 9.17) is 9.15 Å². The SMILES string of the molecule is CCOc1ccc(N(CC(=O)NCCCc2ccco2)S(=O)(=O)c2ccc(F)cc2)cc1. The third-order valence-electron chi connectivity index (χ3n) is 4.63. The number of rotatable bonds is 11. The van der Waals surface area contributed by atoms with E-state index in [2.05, 4.69) is 5.32 Å². The summed E-state index contributed by atoms with van der Waals surface area (Å²) in [5, 5.41) is 2.74. The van der Waals surface area contributed by atoms with Crippen molar-refractivity contribution < 1.29 is 26.8 Å². The lowest BCUT2D eigenvalue weighted by Gasteiger charge is -2.24. The average Bonchev–Trinajstić information content (AvgIpc) is 3.30. The molecule has 0 spiro atoms. The minimum Gasteiger partial charge on any atom is -0.494 e. The smallest absolute Gasteiger partial charge is 0.264 e. The van der Waals surface area contributed by atoms with Crippen LogP contribution in [0, 0.1) is 5.82 Å². The molecule has 170 valence electrons. The molecular weight excluding hydrogens is 435 g/mol. The molecule has 2 aromatic carbocycles. The average molecular weight is 461 g/mol. The van der Waals surface area contributed by atoms with Gasteiger partial charge in [0.1, 0.15) is 23.9 Å². The van der Waals surface area contributed by atoms with E-state index in [0.717, 1.165) is 22.2 Å². The highest BCUT2D eigenvalue weighted by atomic mass is 32.2. The summed E-state index contributed by atoms with van der Waals surface area (Å²) in [5.74, 6) is 0.391. The molecule has 7 nitrogen and oxygen atoms in total. The van der Waals surface area contributed by atoms with Gasteiger partial charge in [0.2, 0.25) is 5.91 Å². The lowest BCUT2D eigenvalue weighted by atomic mass is 10.2. The molecule has 0 unspecified atom stereocenters. The molecule has 1 heterocycles. The molecule has 0 saturated heterocycles. The van der Waals surface area contributed by atoms with E-state index in [0.29, 0.717) is 37.4 Å². The Hall–Kier alpha value is -3.33. The van der Waals surface area contributed by atoms with Gasteiger partial charge in [0.25, 0.3) is 10.0 Å². The van der Waals surface area contributed by atoms with E-state index in [1.54, 1.807) is 36.6 Å². The van der Waals surface area contributed by atoms with Crippen LogP contribution in [0.1, 0.15) is 19.1 Å². The fourth-order valence-electron chi connectivity index (χ4n) is 3.06. The Morgan fingerprint density at radius 1 is 1.09 bits per heavy atom. The predicted molar refractivity (Wildman–Crippen MR) is 119 cm³/mol. The third kappa shape index (κ3) is 6.10. The molecule has 3 rings (SSSR count). The molecule has 0 aliphatic rings. The number of ether oxygens (including phenoxy) is 1. The second kappa shape index (κ2) is 10.8. The molecule has 0 aliphatic carbocycles. The van der Waals surface area contributed by atoms with Gasteiger partial charge in [-0.1, -0.05) is 0 Å². The van der Waals surface area contributed by atoms with Crippen LogP contribution < -0.4 is 14.4 Å². The summed E-state index contributed by atoms with van der Waals surface area (Å²) in [6.45, 7) is 2.26. The number of nitrogens with one attached hydrogen (secondary N) is 1. The molecule has 0 atom stereocenters. The molecule has 1 aromatic heterocycles. The van der Waals surface area contributed by atoms with Gasteiger partial charge in [-0.15, -0.1) is 0 Å². The standard InChI is InChI=1S/C23H25FN2O5S/c1-2-30-21-11-9-19(10-12-21)26(32(28,29)22-13-7-18(24)8-14-22)17-23(27)25-15-3-5-20-6-4-16-31-20/h4,6-14,16H,2-3,5,15,17H2,1H3,(H,25,27). The van der Waals surface area contributed by atoms with Crippen molar-refractivity contribution in [3.8, 4) is 5.75 Å². The van der Waals surface area contributed by atoms with Gasteiger partial charge >= 0.3 is 0 Å². The zero-order chi connectivity index (χ0) is 23.0. The molecule has 1 amide bonds. The number of aryl methyl sites for hydroxylation is 1. The number of nitrogens with zero attached hydrogens (tertiary/aromatic N) is 1. The van der Waals surface area contributed by atoms with Crippen LogP contribution in [0.25, 0.3) is 0 Å². The quantitative estimate of drug-likeness (QED) is 0.440.